The van der Waals surface area contributed by atoms with E-state index in [1.54, 1.807) is 22.6 Å². The fourth-order valence-electron chi connectivity index (χ4n) is 0.839. The number of aryl methyl sites for hydroxylation is 1. The topological polar surface area (TPSA) is 34.9 Å². The number of thioether (sulfide) groups is 1. The number of Topliss-reactive ketones (excluding diaryl/α,β-unsaturated/α-hetero) is 1. The molecule has 0 amide bonds. The molecule has 0 bridgehead atoms. The molecule has 1 aromatic heterocycles. The average Bonchev–Trinajstić information content (AvgIpc) is 2.45. The van der Waals surface area contributed by atoms with Crippen LogP contribution < -0.4 is 0 Å². The predicted octanol–water partition coefficient (Wildman–Crippen LogP) is 2.13. The van der Waals surface area contributed by atoms with Gasteiger partial charge < -0.3 is 0 Å². The van der Waals surface area contributed by atoms with Crippen molar-refractivity contribution in [1.82, 2.24) is 9.78 Å². The van der Waals surface area contributed by atoms with E-state index in [1.165, 1.54) is 0 Å². The van der Waals surface area contributed by atoms with Crippen LogP contribution in [0.5, 0.6) is 0 Å². The zero-order chi connectivity index (χ0) is 10.8. The molecule has 0 fully saturated rings. The molecule has 0 unspecified atom stereocenters. The van der Waals surface area contributed by atoms with Crippen molar-refractivity contribution in [2.24, 2.45) is 12.5 Å². The van der Waals surface area contributed by atoms with Crippen LogP contribution in [0.1, 0.15) is 20.8 Å². The number of aromatic nitrogens is 2. The van der Waals surface area contributed by atoms with E-state index >= 15 is 0 Å². The van der Waals surface area contributed by atoms with Crippen LogP contribution in [0.3, 0.4) is 0 Å². The Balaban J connectivity index is 2.46. The Morgan fingerprint density at radius 1 is 1.57 bits per heavy atom. The van der Waals surface area contributed by atoms with Crippen molar-refractivity contribution in [1.29, 1.82) is 0 Å². The van der Waals surface area contributed by atoms with Crippen LogP contribution >= 0.6 is 11.8 Å². The number of rotatable bonds is 3. The van der Waals surface area contributed by atoms with E-state index < -0.39 is 0 Å². The first-order valence-electron chi connectivity index (χ1n) is 4.54. The fraction of sp³-hybridized carbons (Fsp3) is 0.600. The van der Waals surface area contributed by atoms with Crippen molar-refractivity contribution in [2.75, 3.05) is 5.75 Å². The number of nitrogens with zero attached hydrogens (tertiary/aromatic N) is 2. The Labute approximate surface area is 88.9 Å². The zero-order valence-corrected chi connectivity index (χ0v) is 9.89. The summed E-state index contributed by atoms with van der Waals surface area (Å²) in [5, 5.41) is 4.04. The summed E-state index contributed by atoms with van der Waals surface area (Å²) in [6.45, 7) is 5.83. The molecule has 0 aliphatic rings. The monoisotopic (exact) mass is 212 g/mol. The second kappa shape index (κ2) is 4.17. The summed E-state index contributed by atoms with van der Waals surface area (Å²) in [4.78, 5) is 12.6. The van der Waals surface area contributed by atoms with Gasteiger partial charge in [-0.15, -0.1) is 11.8 Å². The van der Waals surface area contributed by atoms with Crippen LogP contribution in [0.4, 0.5) is 0 Å². The molecule has 3 nitrogen and oxygen atoms in total. The molecule has 0 atom stereocenters. The summed E-state index contributed by atoms with van der Waals surface area (Å²) in [5.41, 5.74) is -0.241. The Hall–Kier alpha value is -0.770. The summed E-state index contributed by atoms with van der Waals surface area (Å²) >= 11 is 1.54. The molecular formula is C10H16N2OS. The molecule has 0 aliphatic carbocycles. The maximum atomic E-state index is 11.6. The van der Waals surface area contributed by atoms with Gasteiger partial charge in [0.15, 0.2) is 0 Å². The minimum absolute atomic E-state index is 0.241. The molecule has 1 heterocycles. The van der Waals surface area contributed by atoms with Crippen molar-refractivity contribution >= 4 is 17.5 Å². The Bertz CT molecular complexity index is 325. The standard InChI is InChI=1S/C10H16N2OS/c1-10(2,3)9(13)7-14-8-5-11-12(4)6-8/h5-6H,7H2,1-4H3. The first kappa shape index (κ1) is 11.3. The predicted molar refractivity (Wildman–Crippen MR) is 58.4 cm³/mol. The van der Waals surface area contributed by atoms with Crippen LogP contribution in [-0.2, 0) is 11.8 Å². The minimum atomic E-state index is -0.241. The number of hydrogen-bond donors (Lipinski definition) is 0. The third kappa shape index (κ3) is 3.18. The van der Waals surface area contributed by atoms with Crippen molar-refractivity contribution in [2.45, 2.75) is 25.7 Å². The highest BCUT2D eigenvalue weighted by molar-refractivity contribution is 8.00. The molecule has 78 valence electrons. The fourth-order valence-corrected chi connectivity index (χ4v) is 1.92. The molecule has 0 saturated carbocycles. The number of carbonyl (C=O) groups is 1. The number of carbonyl (C=O) groups excluding carboxylic acids is 1. The Kier molecular flexibility index (Phi) is 3.37. The third-order valence-electron chi connectivity index (χ3n) is 1.89. The SMILES string of the molecule is Cn1cc(SCC(=O)C(C)(C)C)cn1. The maximum absolute atomic E-state index is 11.6. The van der Waals surface area contributed by atoms with Crippen LogP contribution in [-0.4, -0.2) is 21.3 Å². The van der Waals surface area contributed by atoms with E-state index in [0.29, 0.717) is 5.75 Å². The van der Waals surface area contributed by atoms with Crippen LogP contribution in [0.2, 0.25) is 0 Å². The molecule has 0 radical (unpaired) electrons. The first-order chi connectivity index (χ1) is 6.39. The van der Waals surface area contributed by atoms with Gasteiger partial charge in [0, 0.05) is 23.6 Å². The second-order valence-corrected chi connectivity index (χ2v) is 5.36. The average molecular weight is 212 g/mol. The van der Waals surface area contributed by atoms with E-state index in [-0.39, 0.29) is 11.2 Å². The van der Waals surface area contributed by atoms with Crippen LogP contribution in [0, 0.1) is 5.41 Å². The molecular weight excluding hydrogens is 196 g/mol. The molecule has 0 aliphatic heterocycles. The number of ketones is 1. The quantitative estimate of drug-likeness (QED) is 0.720. The van der Waals surface area contributed by atoms with Gasteiger partial charge in [0.1, 0.15) is 5.78 Å². The van der Waals surface area contributed by atoms with E-state index in [2.05, 4.69) is 5.10 Å². The van der Waals surface area contributed by atoms with Gasteiger partial charge in [0.25, 0.3) is 0 Å². The summed E-state index contributed by atoms with van der Waals surface area (Å²) < 4.78 is 1.74. The van der Waals surface area contributed by atoms with Gasteiger partial charge in [-0.1, -0.05) is 20.8 Å². The molecule has 1 aromatic rings. The van der Waals surface area contributed by atoms with Gasteiger partial charge in [-0.2, -0.15) is 5.10 Å². The van der Waals surface area contributed by atoms with Gasteiger partial charge in [-0.25, -0.2) is 0 Å². The van der Waals surface area contributed by atoms with E-state index in [9.17, 15) is 4.79 Å². The van der Waals surface area contributed by atoms with Gasteiger partial charge >= 0.3 is 0 Å². The Morgan fingerprint density at radius 2 is 2.21 bits per heavy atom. The van der Waals surface area contributed by atoms with Crippen molar-refractivity contribution in [3.05, 3.63) is 12.4 Å². The molecule has 4 heteroatoms. The Morgan fingerprint density at radius 3 is 2.64 bits per heavy atom. The van der Waals surface area contributed by atoms with Gasteiger partial charge in [0.05, 0.1) is 11.9 Å². The highest BCUT2D eigenvalue weighted by atomic mass is 32.2. The van der Waals surface area contributed by atoms with E-state index in [1.807, 2.05) is 34.0 Å². The zero-order valence-electron chi connectivity index (χ0n) is 9.07. The maximum Gasteiger partial charge on any atom is 0.148 e. The van der Waals surface area contributed by atoms with Gasteiger partial charge in [-0.05, 0) is 0 Å². The van der Waals surface area contributed by atoms with Gasteiger partial charge in [-0.3, -0.25) is 9.48 Å². The molecule has 1 rings (SSSR count). The van der Waals surface area contributed by atoms with E-state index in [0.717, 1.165) is 4.90 Å². The lowest BCUT2D eigenvalue weighted by atomic mass is 9.92. The minimum Gasteiger partial charge on any atom is -0.298 e. The molecule has 0 aromatic carbocycles. The highest BCUT2D eigenvalue weighted by Crippen LogP contribution is 2.22. The number of hydrogen-bond acceptors (Lipinski definition) is 3. The molecule has 14 heavy (non-hydrogen) atoms. The first-order valence-corrected chi connectivity index (χ1v) is 5.53. The normalized spacial score (nSPS) is 11.7. The summed E-state index contributed by atoms with van der Waals surface area (Å²) in [6.07, 6.45) is 3.70. The summed E-state index contributed by atoms with van der Waals surface area (Å²) in [6, 6.07) is 0. The van der Waals surface area contributed by atoms with Crippen molar-refractivity contribution in [3.63, 3.8) is 0 Å². The van der Waals surface area contributed by atoms with Crippen LogP contribution in [0.15, 0.2) is 17.3 Å². The summed E-state index contributed by atoms with van der Waals surface area (Å²) in [5.74, 6) is 0.793. The lowest BCUT2D eigenvalue weighted by Gasteiger charge is -2.15. The molecule has 0 saturated heterocycles. The third-order valence-corrected chi connectivity index (χ3v) is 2.84. The molecule has 0 N–H and O–H groups in total. The van der Waals surface area contributed by atoms with Crippen LogP contribution in [0.25, 0.3) is 0 Å². The largest absolute Gasteiger partial charge is 0.298 e. The molecule has 0 spiro atoms. The highest BCUT2D eigenvalue weighted by Gasteiger charge is 2.20. The second-order valence-electron chi connectivity index (χ2n) is 4.31. The lowest BCUT2D eigenvalue weighted by Crippen LogP contribution is -2.21. The van der Waals surface area contributed by atoms with Crippen molar-refractivity contribution in [3.8, 4) is 0 Å². The van der Waals surface area contributed by atoms with E-state index in [4.69, 9.17) is 0 Å². The van der Waals surface area contributed by atoms with Crippen molar-refractivity contribution < 1.29 is 4.79 Å². The smallest absolute Gasteiger partial charge is 0.148 e. The summed E-state index contributed by atoms with van der Waals surface area (Å²) in [7, 11) is 1.87. The lowest BCUT2D eigenvalue weighted by molar-refractivity contribution is -0.123. The van der Waals surface area contributed by atoms with Gasteiger partial charge in [0.2, 0.25) is 0 Å².